The first-order chi connectivity index (χ1) is 13.6. The van der Waals surface area contributed by atoms with Gasteiger partial charge in [0.25, 0.3) is 5.56 Å². The lowest BCUT2D eigenvalue weighted by Gasteiger charge is -2.35. The maximum atomic E-state index is 12.5. The fourth-order valence-corrected chi connectivity index (χ4v) is 3.24. The van der Waals surface area contributed by atoms with Crippen LogP contribution >= 0.6 is 0 Å². The molecule has 0 aliphatic carbocycles. The van der Waals surface area contributed by atoms with Gasteiger partial charge in [0.1, 0.15) is 24.0 Å². The van der Waals surface area contributed by atoms with Gasteiger partial charge in [0.15, 0.2) is 0 Å². The second-order valence-electron chi connectivity index (χ2n) is 6.61. The normalized spacial score (nSPS) is 14.3. The number of amides is 1. The molecule has 3 aromatic rings. The van der Waals surface area contributed by atoms with Gasteiger partial charge in [-0.05, 0) is 25.1 Å². The Balaban J connectivity index is 1.42. The molecule has 0 atom stereocenters. The van der Waals surface area contributed by atoms with Gasteiger partial charge in [0.05, 0.1) is 0 Å². The molecular weight excluding hydrogens is 358 g/mol. The van der Waals surface area contributed by atoms with Crippen LogP contribution in [0.25, 0.3) is 5.82 Å². The molecule has 1 saturated heterocycles. The molecule has 1 fully saturated rings. The van der Waals surface area contributed by atoms with Gasteiger partial charge in [0.2, 0.25) is 5.91 Å². The molecule has 0 N–H and O–H groups in total. The Bertz CT molecular complexity index is 1020. The van der Waals surface area contributed by atoms with Gasteiger partial charge in [-0.1, -0.05) is 0 Å². The number of carbonyl (C=O) groups is 1. The third-order valence-electron chi connectivity index (χ3n) is 4.71. The van der Waals surface area contributed by atoms with Gasteiger partial charge in [0, 0.05) is 56.9 Å². The Labute approximate surface area is 161 Å². The molecular formula is C19H21N7O2. The number of anilines is 1. The van der Waals surface area contributed by atoms with Crippen LogP contribution in [0.2, 0.25) is 0 Å². The van der Waals surface area contributed by atoms with Gasteiger partial charge in [-0.3, -0.25) is 9.59 Å². The molecule has 4 rings (SSSR count). The monoisotopic (exact) mass is 379 g/mol. The minimum Gasteiger partial charge on any atom is -0.353 e. The lowest BCUT2D eigenvalue weighted by molar-refractivity contribution is -0.132. The second-order valence-corrected chi connectivity index (χ2v) is 6.61. The molecule has 0 aromatic carbocycles. The van der Waals surface area contributed by atoms with Crippen LogP contribution in [-0.2, 0) is 11.3 Å². The summed E-state index contributed by atoms with van der Waals surface area (Å²) in [4.78, 5) is 37.2. The highest BCUT2D eigenvalue weighted by Crippen LogP contribution is 2.17. The molecule has 0 bridgehead atoms. The van der Waals surface area contributed by atoms with E-state index in [-0.39, 0.29) is 18.0 Å². The predicted octanol–water partition coefficient (Wildman–Crippen LogP) is 0.481. The van der Waals surface area contributed by atoms with Crippen LogP contribution < -0.4 is 10.5 Å². The van der Waals surface area contributed by atoms with E-state index in [2.05, 4.69) is 20.0 Å². The standard InChI is InChI=1S/C19H21N7O2/c1-15-21-16(23-7-2-3-8-23)13-17(22-15)24-9-11-25(12-10-24)19(28)14-26-18(27)5-4-6-20-26/h2-8,13H,9-12,14H2,1H3. The summed E-state index contributed by atoms with van der Waals surface area (Å²) in [7, 11) is 0. The quantitative estimate of drug-likeness (QED) is 0.655. The average molecular weight is 379 g/mol. The number of hydrogen-bond acceptors (Lipinski definition) is 6. The summed E-state index contributed by atoms with van der Waals surface area (Å²) in [5.74, 6) is 2.27. The van der Waals surface area contributed by atoms with E-state index < -0.39 is 0 Å². The van der Waals surface area contributed by atoms with Gasteiger partial charge in [-0.15, -0.1) is 0 Å². The molecule has 0 unspecified atom stereocenters. The van der Waals surface area contributed by atoms with E-state index in [1.807, 2.05) is 42.1 Å². The predicted molar refractivity (Wildman–Crippen MR) is 103 cm³/mol. The first-order valence-corrected chi connectivity index (χ1v) is 9.14. The Morgan fingerprint density at radius 2 is 1.75 bits per heavy atom. The van der Waals surface area contributed by atoms with Crippen molar-refractivity contribution in [2.45, 2.75) is 13.5 Å². The minimum atomic E-state index is -0.275. The summed E-state index contributed by atoms with van der Waals surface area (Å²) in [6.45, 7) is 4.32. The zero-order valence-corrected chi connectivity index (χ0v) is 15.6. The fraction of sp³-hybridized carbons (Fsp3) is 0.316. The molecule has 1 amide bonds. The van der Waals surface area contributed by atoms with Crippen molar-refractivity contribution >= 4 is 11.7 Å². The van der Waals surface area contributed by atoms with Gasteiger partial charge >= 0.3 is 0 Å². The maximum Gasteiger partial charge on any atom is 0.267 e. The molecule has 0 radical (unpaired) electrons. The van der Waals surface area contributed by atoms with Crippen molar-refractivity contribution < 1.29 is 4.79 Å². The number of hydrogen-bond donors (Lipinski definition) is 0. The SMILES string of the molecule is Cc1nc(N2CCN(C(=O)Cn3ncccc3=O)CC2)cc(-n2cccc2)n1. The van der Waals surface area contributed by atoms with E-state index in [0.29, 0.717) is 32.0 Å². The number of piperazine rings is 1. The molecule has 0 saturated carbocycles. The van der Waals surface area contributed by atoms with Crippen LogP contribution in [0.3, 0.4) is 0 Å². The zero-order chi connectivity index (χ0) is 19.5. The molecule has 1 aliphatic rings. The van der Waals surface area contributed by atoms with Crippen LogP contribution in [0.1, 0.15) is 5.82 Å². The minimum absolute atomic E-state index is 0.0376. The molecule has 9 nitrogen and oxygen atoms in total. The summed E-state index contributed by atoms with van der Waals surface area (Å²) in [5, 5.41) is 3.95. The van der Waals surface area contributed by atoms with Gasteiger partial charge in [-0.2, -0.15) is 5.10 Å². The first kappa shape index (κ1) is 17.9. The van der Waals surface area contributed by atoms with Crippen molar-refractivity contribution in [2.75, 3.05) is 31.1 Å². The number of rotatable bonds is 4. The second kappa shape index (κ2) is 7.63. The molecule has 28 heavy (non-hydrogen) atoms. The van der Waals surface area contributed by atoms with Crippen LogP contribution in [0.5, 0.6) is 0 Å². The lowest BCUT2D eigenvalue weighted by Crippen LogP contribution is -2.50. The summed E-state index contributed by atoms with van der Waals surface area (Å²) in [6, 6.07) is 8.83. The van der Waals surface area contributed by atoms with Gasteiger partial charge in [-0.25, -0.2) is 14.6 Å². The number of aromatic nitrogens is 5. The zero-order valence-electron chi connectivity index (χ0n) is 15.6. The Kier molecular flexibility index (Phi) is 4.88. The summed E-state index contributed by atoms with van der Waals surface area (Å²) in [6.07, 6.45) is 5.40. The van der Waals surface area contributed by atoms with E-state index in [1.165, 1.54) is 16.9 Å². The summed E-state index contributed by atoms with van der Waals surface area (Å²) in [5.41, 5.74) is -0.275. The maximum absolute atomic E-state index is 12.5. The third kappa shape index (κ3) is 3.78. The molecule has 144 valence electrons. The number of aryl methyl sites for hydroxylation is 1. The molecule has 3 aromatic heterocycles. The van der Waals surface area contributed by atoms with Crippen molar-refractivity contribution in [3.63, 3.8) is 0 Å². The number of carbonyl (C=O) groups excluding carboxylic acids is 1. The molecule has 1 aliphatic heterocycles. The molecule has 4 heterocycles. The van der Waals surface area contributed by atoms with Crippen molar-refractivity contribution in [1.82, 2.24) is 29.2 Å². The summed E-state index contributed by atoms with van der Waals surface area (Å²) >= 11 is 0. The summed E-state index contributed by atoms with van der Waals surface area (Å²) < 4.78 is 3.13. The van der Waals surface area contributed by atoms with Crippen LogP contribution in [0, 0.1) is 6.92 Å². The van der Waals surface area contributed by atoms with E-state index in [9.17, 15) is 9.59 Å². The molecule has 0 spiro atoms. The Morgan fingerprint density at radius 1 is 1.04 bits per heavy atom. The average Bonchev–Trinajstić information content (AvgIpc) is 3.24. The largest absolute Gasteiger partial charge is 0.353 e. The van der Waals surface area contributed by atoms with E-state index in [0.717, 1.165) is 11.6 Å². The Morgan fingerprint density at radius 3 is 2.46 bits per heavy atom. The first-order valence-electron chi connectivity index (χ1n) is 9.14. The van der Waals surface area contributed by atoms with Crippen molar-refractivity contribution in [2.24, 2.45) is 0 Å². The fourth-order valence-electron chi connectivity index (χ4n) is 3.24. The van der Waals surface area contributed by atoms with Crippen molar-refractivity contribution in [1.29, 1.82) is 0 Å². The van der Waals surface area contributed by atoms with Crippen molar-refractivity contribution in [3.05, 3.63) is 65.1 Å². The van der Waals surface area contributed by atoms with Gasteiger partial charge < -0.3 is 14.4 Å². The van der Waals surface area contributed by atoms with E-state index in [1.54, 1.807) is 11.0 Å². The Hall–Kier alpha value is -3.49. The third-order valence-corrected chi connectivity index (χ3v) is 4.71. The highest BCUT2D eigenvalue weighted by atomic mass is 16.2. The smallest absolute Gasteiger partial charge is 0.267 e. The molecule has 9 heteroatoms. The topological polar surface area (TPSA) is 89.2 Å². The number of nitrogens with zero attached hydrogens (tertiary/aromatic N) is 7. The van der Waals surface area contributed by atoms with E-state index >= 15 is 0 Å². The van der Waals surface area contributed by atoms with Crippen LogP contribution in [-0.4, -0.2) is 61.3 Å². The lowest BCUT2D eigenvalue weighted by atomic mass is 10.3. The highest BCUT2D eigenvalue weighted by molar-refractivity contribution is 5.76. The van der Waals surface area contributed by atoms with Crippen LogP contribution in [0.15, 0.2) is 53.7 Å². The van der Waals surface area contributed by atoms with Crippen LogP contribution in [0.4, 0.5) is 5.82 Å². The van der Waals surface area contributed by atoms with E-state index in [4.69, 9.17) is 0 Å². The highest BCUT2D eigenvalue weighted by Gasteiger charge is 2.23. The van der Waals surface area contributed by atoms with Crippen molar-refractivity contribution in [3.8, 4) is 5.82 Å².